The van der Waals surface area contributed by atoms with Crippen LogP contribution in [0, 0.1) is 6.92 Å². The number of carbonyl (C=O) groups excluding carboxylic acids is 1. The molecule has 0 aliphatic carbocycles. The van der Waals surface area contributed by atoms with Gasteiger partial charge in [0.15, 0.2) is 10.4 Å². The molecule has 4 aromatic rings. The molecule has 0 N–H and O–H groups in total. The first kappa shape index (κ1) is 17.3. The number of rotatable bonds is 3. The fourth-order valence-electron chi connectivity index (χ4n) is 2.66. The first-order valence-electron chi connectivity index (χ1n) is 8.13. The lowest BCUT2D eigenvalue weighted by molar-refractivity contribution is 0.0731. The molecule has 2 aromatic heterocycles. The van der Waals surface area contributed by atoms with Crippen LogP contribution in [-0.4, -0.2) is 5.97 Å². The van der Waals surface area contributed by atoms with E-state index in [0.717, 1.165) is 5.56 Å². The Morgan fingerprint density at radius 3 is 2.41 bits per heavy atom. The highest BCUT2D eigenvalue weighted by Crippen LogP contribution is 2.33. The molecule has 0 spiro atoms. The Bertz CT molecular complexity index is 1200. The van der Waals surface area contributed by atoms with Crippen LogP contribution < -0.4 is 10.2 Å². The van der Waals surface area contributed by atoms with Crippen LogP contribution in [0.25, 0.3) is 22.5 Å². The molecule has 4 rings (SSSR count). The van der Waals surface area contributed by atoms with Crippen LogP contribution >= 0.6 is 15.9 Å². The van der Waals surface area contributed by atoms with Gasteiger partial charge in [-0.15, -0.1) is 0 Å². The number of hydrogen-bond acceptors (Lipinski definition) is 5. The number of furan rings is 1. The molecule has 0 radical (unpaired) electrons. The summed E-state index contributed by atoms with van der Waals surface area (Å²) in [6, 6.07) is 16.9. The Morgan fingerprint density at radius 2 is 1.70 bits per heavy atom. The van der Waals surface area contributed by atoms with Crippen molar-refractivity contribution in [3.63, 3.8) is 0 Å². The molecule has 2 heterocycles. The van der Waals surface area contributed by atoms with Crippen molar-refractivity contribution in [2.75, 3.05) is 0 Å². The van der Waals surface area contributed by atoms with Gasteiger partial charge in [-0.25, -0.2) is 4.79 Å². The summed E-state index contributed by atoms with van der Waals surface area (Å²) in [5.41, 5.74) is 1.28. The average Bonchev–Trinajstić information content (AvgIpc) is 3.10. The number of halogens is 1. The van der Waals surface area contributed by atoms with E-state index in [0.29, 0.717) is 21.2 Å². The molecule has 0 amide bonds. The summed E-state index contributed by atoms with van der Waals surface area (Å²) >= 11 is 3.22. The number of esters is 1. The van der Waals surface area contributed by atoms with Crippen LogP contribution in [0.2, 0.25) is 0 Å². The third kappa shape index (κ3) is 3.31. The SMILES string of the molecule is Cc1ccc(C(=O)Oc2c(-c3ccc(Br)o3)oc3ccccc3c2=O)cc1. The average molecular weight is 425 g/mol. The van der Waals surface area contributed by atoms with Crippen molar-refractivity contribution in [1.82, 2.24) is 0 Å². The molecule has 0 atom stereocenters. The van der Waals surface area contributed by atoms with Crippen LogP contribution in [0.3, 0.4) is 0 Å². The number of ether oxygens (including phenoxy) is 1. The third-order valence-electron chi connectivity index (χ3n) is 4.04. The number of fused-ring (bicyclic) bond motifs is 1. The molecule has 0 saturated heterocycles. The maximum atomic E-state index is 13.0. The predicted molar refractivity (Wildman–Crippen MR) is 104 cm³/mol. The highest BCUT2D eigenvalue weighted by atomic mass is 79.9. The zero-order valence-electron chi connectivity index (χ0n) is 14.2. The number of aryl methyl sites for hydroxylation is 1. The standard InChI is InChI=1S/C21H13BrO5/c1-12-6-8-13(9-7-12)21(24)27-20-18(23)14-4-2-3-5-15(14)26-19(20)16-10-11-17(22)25-16/h2-11H,1H3. The summed E-state index contributed by atoms with van der Waals surface area (Å²) in [5, 5.41) is 0.318. The van der Waals surface area contributed by atoms with Crippen molar-refractivity contribution in [1.29, 1.82) is 0 Å². The summed E-state index contributed by atoms with van der Waals surface area (Å²) in [6.45, 7) is 1.92. The van der Waals surface area contributed by atoms with E-state index in [2.05, 4.69) is 15.9 Å². The van der Waals surface area contributed by atoms with Gasteiger partial charge in [0, 0.05) is 0 Å². The molecule has 0 saturated carbocycles. The van der Waals surface area contributed by atoms with Gasteiger partial charge in [-0.05, 0) is 59.3 Å². The van der Waals surface area contributed by atoms with E-state index >= 15 is 0 Å². The smallest absolute Gasteiger partial charge is 0.343 e. The van der Waals surface area contributed by atoms with Gasteiger partial charge in [0.05, 0.1) is 10.9 Å². The van der Waals surface area contributed by atoms with Crippen molar-refractivity contribution < 1.29 is 18.4 Å². The lowest BCUT2D eigenvalue weighted by Gasteiger charge is -2.09. The molecular weight excluding hydrogens is 412 g/mol. The molecule has 27 heavy (non-hydrogen) atoms. The number of hydrogen-bond donors (Lipinski definition) is 0. The Balaban J connectivity index is 1.87. The Kier molecular flexibility index (Phi) is 4.41. The lowest BCUT2D eigenvalue weighted by Crippen LogP contribution is -2.16. The van der Waals surface area contributed by atoms with Gasteiger partial charge in [0.1, 0.15) is 5.58 Å². The second-order valence-corrected chi connectivity index (χ2v) is 6.73. The van der Waals surface area contributed by atoms with Gasteiger partial charge in [0.2, 0.25) is 16.9 Å². The predicted octanol–water partition coefficient (Wildman–Crippen LogP) is 5.34. The first-order valence-corrected chi connectivity index (χ1v) is 8.92. The van der Waals surface area contributed by atoms with E-state index in [1.807, 2.05) is 6.92 Å². The van der Waals surface area contributed by atoms with Gasteiger partial charge < -0.3 is 13.6 Å². The second kappa shape index (κ2) is 6.89. The third-order valence-corrected chi connectivity index (χ3v) is 4.46. The molecular formula is C21H13BrO5. The van der Waals surface area contributed by atoms with Crippen molar-refractivity contribution >= 4 is 32.9 Å². The summed E-state index contributed by atoms with van der Waals surface area (Å²) < 4.78 is 17.3. The fraction of sp³-hybridized carbons (Fsp3) is 0.0476. The van der Waals surface area contributed by atoms with Gasteiger partial charge in [0.25, 0.3) is 0 Å². The monoisotopic (exact) mass is 424 g/mol. The van der Waals surface area contributed by atoms with Crippen LogP contribution in [-0.2, 0) is 0 Å². The first-order chi connectivity index (χ1) is 13.0. The molecule has 6 heteroatoms. The van der Waals surface area contributed by atoms with Crippen LogP contribution in [0.1, 0.15) is 15.9 Å². The molecule has 2 aromatic carbocycles. The summed E-state index contributed by atoms with van der Waals surface area (Å²) in [4.78, 5) is 25.5. The molecule has 0 aliphatic rings. The minimum atomic E-state index is -0.649. The normalized spacial score (nSPS) is 10.9. The van der Waals surface area contributed by atoms with E-state index in [1.54, 1.807) is 60.7 Å². The van der Waals surface area contributed by atoms with E-state index in [-0.39, 0.29) is 17.3 Å². The maximum absolute atomic E-state index is 13.0. The van der Waals surface area contributed by atoms with Gasteiger partial charge in [-0.2, -0.15) is 0 Å². The zero-order valence-corrected chi connectivity index (χ0v) is 15.8. The Labute approximate surface area is 162 Å². The minimum absolute atomic E-state index is 0.0601. The van der Waals surface area contributed by atoms with E-state index in [4.69, 9.17) is 13.6 Å². The largest absolute Gasteiger partial charge is 0.449 e. The zero-order chi connectivity index (χ0) is 19.0. The number of carbonyl (C=O) groups is 1. The van der Waals surface area contributed by atoms with Crippen LogP contribution in [0.4, 0.5) is 0 Å². The highest BCUT2D eigenvalue weighted by molar-refractivity contribution is 9.10. The maximum Gasteiger partial charge on any atom is 0.343 e. The number of para-hydroxylation sites is 1. The second-order valence-electron chi connectivity index (χ2n) is 5.94. The molecule has 0 fully saturated rings. The molecule has 134 valence electrons. The van der Waals surface area contributed by atoms with Crippen LogP contribution in [0.5, 0.6) is 5.75 Å². The quantitative estimate of drug-likeness (QED) is 0.415. The molecule has 0 aliphatic heterocycles. The number of benzene rings is 2. The minimum Gasteiger partial charge on any atom is -0.449 e. The van der Waals surface area contributed by atoms with E-state index in [9.17, 15) is 9.59 Å². The van der Waals surface area contributed by atoms with Gasteiger partial charge in [-0.3, -0.25) is 4.79 Å². The topological polar surface area (TPSA) is 69.7 Å². The Hall–Kier alpha value is -3.12. The van der Waals surface area contributed by atoms with Crippen molar-refractivity contribution in [3.8, 4) is 17.3 Å². The molecule has 5 nitrogen and oxygen atoms in total. The van der Waals surface area contributed by atoms with Crippen molar-refractivity contribution in [3.05, 3.63) is 86.7 Å². The van der Waals surface area contributed by atoms with E-state index in [1.165, 1.54) is 0 Å². The highest BCUT2D eigenvalue weighted by Gasteiger charge is 2.23. The van der Waals surface area contributed by atoms with Gasteiger partial charge in [-0.1, -0.05) is 29.8 Å². The van der Waals surface area contributed by atoms with E-state index < -0.39 is 11.4 Å². The summed E-state index contributed by atoms with van der Waals surface area (Å²) in [7, 11) is 0. The summed E-state index contributed by atoms with van der Waals surface area (Å²) in [5.74, 6) is -0.521. The fourth-order valence-corrected chi connectivity index (χ4v) is 2.96. The summed E-state index contributed by atoms with van der Waals surface area (Å²) in [6.07, 6.45) is 0. The lowest BCUT2D eigenvalue weighted by atomic mass is 10.1. The Morgan fingerprint density at radius 1 is 0.963 bits per heavy atom. The van der Waals surface area contributed by atoms with Gasteiger partial charge >= 0.3 is 5.97 Å². The molecule has 0 unspecified atom stereocenters. The van der Waals surface area contributed by atoms with Crippen molar-refractivity contribution in [2.45, 2.75) is 6.92 Å². The van der Waals surface area contributed by atoms with Crippen molar-refractivity contribution in [2.24, 2.45) is 0 Å². The molecule has 0 bridgehead atoms. The van der Waals surface area contributed by atoms with Crippen LogP contribution in [0.15, 0.2) is 79.0 Å².